The van der Waals surface area contributed by atoms with E-state index in [1.807, 2.05) is 12.1 Å². The van der Waals surface area contributed by atoms with Gasteiger partial charge in [-0.15, -0.1) is 0 Å². The molecular weight excluding hydrogens is 208 g/mol. The maximum absolute atomic E-state index is 9.16. The van der Waals surface area contributed by atoms with Crippen molar-refractivity contribution in [2.45, 2.75) is 51.9 Å². The zero-order valence-corrected chi connectivity index (χ0v) is 10.9. The van der Waals surface area contributed by atoms with Gasteiger partial charge >= 0.3 is 0 Å². The van der Waals surface area contributed by atoms with Crippen molar-refractivity contribution in [3.05, 3.63) is 42.0 Å². The minimum Gasteiger partial charge on any atom is -0.508 e. The Morgan fingerprint density at radius 1 is 0.941 bits per heavy atom. The molecule has 0 saturated carbocycles. The van der Waals surface area contributed by atoms with Gasteiger partial charge < -0.3 is 5.11 Å². The zero-order valence-electron chi connectivity index (χ0n) is 10.9. The molecule has 1 N–H and O–H groups in total. The second kappa shape index (κ2) is 8.86. The fourth-order valence-electron chi connectivity index (χ4n) is 1.84. The van der Waals surface area contributed by atoms with Gasteiger partial charge in [0.1, 0.15) is 5.75 Å². The number of rotatable bonds is 8. The van der Waals surface area contributed by atoms with Crippen molar-refractivity contribution >= 4 is 0 Å². The summed E-state index contributed by atoms with van der Waals surface area (Å²) >= 11 is 0. The van der Waals surface area contributed by atoms with Crippen LogP contribution in [0.2, 0.25) is 0 Å². The summed E-state index contributed by atoms with van der Waals surface area (Å²) in [6, 6.07) is 7.49. The van der Waals surface area contributed by atoms with Crippen LogP contribution in [0.1, 0.15) is 51.0 Å². The first-order valence-electron chi connectivity index (χ1n) is 6.76. The van der Waals surface area contributed by atoms with Crippen LogP contribution in [-0.4, -0.2) is 5.11 Å². The molecule has 0 aliphatic heterocycles. The standard InChI is InChI=1S/C16H24O/c1-2-3-4-5-6-7-8-9-10-15-11-13-16(17)14-12-15/h7-8,11-14,17H,2-6,9-10H2,1H3. The number of benzene rings is 1. The monoisotopic (exact) mass is 232 g/mol. The second-order valence-corrected chi connectivity index (χ2v) is 4.53. The zero-order chi connectivity index (χ0) is 12.3. The van der Waals surface area contributed by atoms with Crippen LogP contribution in [0.3, 0.4) is 0 Å². The van der Waals surface area contributed by atoms with Gasteiger partial charge in [0.25, 0.3) is 0 Å². The van der Waals surface area contributed by atoms with Crippen LogP contribution in [0.4, 0.5) is 0 Å². The Labute approximate surface area is 105 Å². The highest BCUT2D eigenvalue weighted by Gasteiger charge is 1.91. The summed E-state index contributed by atoms with van der Waals surface area (Å²) in [5.41, 5.74) is 1.29. The first-order chi connectivity index (χ1) is 8.33. The third kappa shape index (κ3) is 6.83. The Morgan fingerprint density at radius 3 is 2.35 bits per heavy atom. The van der Waals surface area contributed by atoms with E-state index in [9.17, 15) is 0 Å². The molecule has 0 bridgehead atoms. The van der Waals surface area contributed by atoms with Gasteiger partial charge in [0.05, 0.1) is 0 Å². The predicted molar refractivity (Wildman–Crippen MR) is 74.3 cm³/mol. The minimum absolute atomic E-state index is 0.347. The molecule has 1 heteroatoms. The molecule has 0 radical (unpaired) electrons. The summed E-state index contributed by atoms with van der Waals surface area (Å²) in [7, 11) is 0. The predicted octanol–water partition coefficient (Wildman–Crippen LogP) is 4.85. The highest BCUT2D eigenvalue weighted by atomic mass is 16.3. The summed E-state index contributed by atoms with van der Waals surface area (Å²) < 4.78 is 0. The number of aromatic hydroxyl groups is 1. The smallest absolute Gasteiger partial charge is 0.115 e. The number of aryl methyl sites for hydroxylation is 1. The van der Waals surface area contributed by atoms with Crippen LogP contribution in [0.15, 0.2) is 36.4 Å². The molecule has 0 unspecified atom stereocenters. The second-order valence-electron chi connectivity index (χ2n) is 4.53. The molecule has 0 heterocycles. The molecular formula is C16H24O. The van der Waals surface area contributed by atoms with Crippen molar-refractivity contribution in [2.24, 2.45) is 0 Å². The van der Waals surface area contributed by atoms with Crippen molar-refractivity contribution in [1.29, 1.82) is 0 Å². The number of phenols is 1. The van der Waals surface area contributed by atoms with Crippen molar-refractivity contribution < 1.29 is 5.11 Å². The van der Waals surface area contributed by atoms with Gasteiger partial charge in [-0.3, -0.25) is 0 Å². The van der Waals surface area contributed by atoms with E-state index in [-0.39, 0.29) is 0 Å². The van der Waals surface area contributed by atoms with E-state index >= 15 is 0 Å². The maximum Gasteiger partial charge on any atom is 0.115 e. The van der Waals surface area contributed by atoms with Gasteiger partial charge in [0.2, 0.25) is 0 Å². The topological polar surface area (TPSA) is 20.2 Å². The minimum atomic E-state index is 0.347. The molecule has 1 nitrogen and oxygen atoms in total. The largest absolute Gasteiger partial charge is 0.508 e. The van der Waals surface area contributed by atoms with Crippen LogP contribution in [0, 0.1) is 0 Å². The van der Waals surface area contributed by atoms with E-state index in [2.05, 4.69) is 19.1 Å². The molecule has 0 aliphatic carbocycles. The van der Waals surface area contributed by atoms with Crippen LogP contribution >= 0.6 is 0 Å². The number of unbranched alkanes of at least 4 members (excludes halogenated alkanes) is 4. The molecule has 0 aliphatic rings. The average molecular weight is 232 g/mol. The summed E-state index contributed by atoms with van der Waals surface area (Å²) in [5, 5.41) is 9.16. The number of phenolic OH excluding ortho intramolecular Hbond substituents is 1. The molecule has 0 saturated heterocycles. The van der Waals surface area contributed by atoms with Crippen molar-refractivity contribution in [3.8, 4) is 5.75 Å². The Balaban J connectivity index is 2.07. The molecule has 0 fully saturated rings. The lowest BCUT2D eigenvalue weighted by Crippen LogP contribution is -1.82. The van der Waals surface area contributed by atoms with Gasteiger partial charge in [-0.2, -0.15) is 0 Å². The SMILES string of the molecule is CCCCCCC=CCCc1ccc(O)cc1. The van der Waals surface area contributed by atoms with Crippen molar-refractivity contribution in [1.82, 2.24) is 0 Å². The normalized spacial score (nSPS) is 11.1. The lowest BCUT2D eigenvalue weighted by Gasteiger charge is -1.98. The lowest BCUT2D eigenvalue weighted by atomic mass is 10.1. The van der Waals surface area contributed by atoms with E-state index in [0.29, 0.717) is 5.75 Å². The van der Waals surface area contributed by atoms with E-state index in [4.69, 9.17) is 5.11 Å². The molecule has 0 atom stereocenters. The van der Waals surface area contributed by atoms with E-state index in [0.717, 1.165) is 12.8 Å². The number of hydrogen-bond donors (Lipinski definition) is 1. The molecule has 0 aromatic heterocycles. The first-order valence-corrected chi connectivity index (χ1v) is 6.76. The first kappa shape index (κ1) is 13.8. The van der Waals surface area contributed by atoms with Gasteiger partial charge in [-0.25, -0.2) is 0 Å². The molecule has 0 amide bonds. The van der Waals surface area contributed by atoms with Crippen LogP contribution in [0.25, 0.3) is 0 Å². The Morgan fingerprint density at radius 2 is 1.65 bits per heavy atom. The van der Waals surface area contributed by atoms with Crippen molar-refractivity contribution in [3.63, 3.8) is 0 Å². The molecule has 1 aromatic rings. The summed E-state index contributed by atoms with van der Waals surface area (Å²) in [6.07, 6.45) is 13.3. The quantitative estimate of drug-likeness (QED) is 0.501. The Kier molecular flexibility index (Phi) is 7.20. The fraction of sp³-hybridized carbons (Fsp3) is 0.500. The maximum atomic E-state index is 9.16. The third-order valence-corrected chi connectivity index (χ3v) is 2.93. The van der Waals surface area contributed by atoms with E-state index in [1.54, 1.807) is 12.1 Å². The molecule has 0 spiro atoms. The van der Waals surface area contributed by atoms with E-state index < -0.39 is 0 Å². The lowest BCUT2D eigenvalue weighted by molar-refractivity contribution is 0.475. The van der Waals surface area contributed by atoms with Crippen LogP contribution in [-0.2, 0) is 6.42 Å². The van der Waals surface area contributed by atoms with Crippen LogP contribution < -0.4 is 0 Å². The molecule has 1 aromatic carbocycles. The van der Waals surface area contributed by atoms with Gasteiger partial charge in [0, 0.05) is 0 Å². The molecule has 17 heavy (non-hydrogen) atoms. The Hall–Kier alpha value is -1.24. The average Bonchev–Trinajstić information content (AvgIpc) is 2.35. The fourth-order valence-corrected chi connectivity index (χ4v) is 1.84. The molecule has 94 valence electrons. The number of allylic oxidation sites excluding steroid dienone is 2. The van der Waals surface area contributed by atoms with Gasteiger partial charge in [-0.05, 0) is 43.4 Å². The molecule has 1 rings (SSSR count). The van der Waals surface area contributed by atoms with Gasteiger partial charge in [-0.1, -0.05) is 50.5 Å². The highest BCUT2D eigenvalue weighted by molar-refractivity contribution is 5.26. The third-order valence-electron chi connectivity index (χ3n) is 2.93. The summed E-state index contributed by atoms with van der Waals surface area (Å²) in [5.74, 6) is 0.347. The number of hydrogen-bond acceptors (Lipinski definition) is 1. The summed E-state index contributed by atoms with van der Waals surface area (Å²) in [4.78, 5) is 0. The Bertz CT molecular complexity index is 311. The highest BCUT2D eigenvalue weighted by Crippen LogP contribution is 2.11. The van der Waals surface area contributed by atoms with E-state index in [1.165, 1.54) is 37.7 Å². The van der Waals surface area contributed by atoms with Crippen molar-refractivity contribution in [2.75, 3.05) is 0 Å². The van der Waals surface area contributed by atoms with Crippen LogP contribution in [0.5, 0.6) is 5.75 Å². The summed E-state index contributed by atoms with van der Waals surface area (Å²) in [6.45, 7) is 2.24. The van der Waals surface area contributed by atoms with Gasteiger partial charge in [0.15, 0.2) is 0 Å².